The topological polar surface area (TPSA) is 75.0 Å². The lowest BCUT2D eigenvalue weighted by molar-refractivity contribution is 0.324. The minimum absolute atomic E-state index is 0.0716. The third-order valence-corrected chi connectivity index (χ3v) is 5.07. The predicted octanol–water partition coefficient (Wildman–Crippen LogP) is 4.57. The van der Waals surface area contributed by atoms with E-state index in [9.17, 15) is 5.11 Å². The molecule has 1 heterocycles. The molecule has 0 amide bonds. The largest absolute Gasteiger partial charge is 0.504 e. The summed E-state index contributed by atoms with van der Waals surface area (Å²) < 4.78 is 38.6. The molecule has 8 heteroatoms. The normalized spacial score (nSPS) is 10.9. The standard InChI is InChI=1S/C23H21FN2O5/c1-28-18-8-5-13(9-17(18)27)15-6-7-16-22(21(15)24)26(12-25-16)14-10-19(29-2)23(31-4)20(11-14)30-3/h5-12,27H,1-4H3. The number of hydrogen-bond donors (Lipinski definition) is 1. The lowest BCUT2D eigenvalue weighted by Crippen LogP contribution is -2.00. The van der Waals surface area contributed by atoms with Gasteiger partial charge in [-0.05, 0) is 29.8 Å². The van der Waals surface area contributed by atoms with Crippen LogP contribution in [0.5, 0.6) is 28.7 Å². The zero-order valence-corrected chi connectivity index (χ0v) is 17.5. The summed E-state index contributed by atoms with van der Waals surface area (Å²) in [7, 11) is 6.00. The second-order valence-corrected chi connectivity index (χ2v) is 6.68. The van der Waals surface area contributed by atoms with E-state index in [1.807, 2.05) is 0 Å². The van der Waals surface area contributed by atoms with Crippen LogP contribution in [0.1, 0.15) is 0 Å². The number of aromatic hydroxyl groups is 1. The van der Waals surface area contributed by atoms with Crippen molar-refractivity contribution >= 4 is 11.0 Å². The maximum atomic E-state index is 15.7. The second kappa shape index (κ2) is 8.06. The van der Waals surface area contributed by atoms with Crippen molar-refractivity contribution in [2.45, 2.75) is 0 Å². The van der Waals surface area contributed by atoms with Crippen molar-refractivity contribution in [1.82, 2.24) is 9.55 Å². The molecule has 160 valence electrons. The number of ether oxygens (including phenoxy) is 4. The lowest BCUT2D eigenvalue weighted by atomic mass is 10.0. The van der Waals surface area contributed by atoms with Gasteiger partial charge in [0, 0.05) is 17.7 Å². The van der Waals surface area contributed by atoms with Gasteiger partial charge in [0.25, 0.3) is 0 Å². The third kappa shape index (κ3) is 3.35. The lowest BCUT2D eigenvalue weighted by Gasteiger charge is -2.15. The van der Waals surface area contributed by atoms with Gasteiger partial charge in [-0.2, -0.15) is 0 Å². The van der Waals surface area contributed by atoms with Gasteiger partial charge in [0.2, 0.25) is 5.75 Å². The van der Waals surface area contributed by atoms with Crippen LogP contribution in [-0.4, -0.2) is 43.1 Å². The zero-order valence-electron chi connectivity index (χ0n) is 17.5. The van der Waals surface area contributed by atoms with Crippen molar-refractivity contribution in [3.63, 3.8) is 0 Å². The van der Waals surface area contributed by atoms with Crippen LogP contribution in [0.25, 0.3) is 27.8 Å². The summed E-state index contributed by atoms with van der Waals surface area (Å²) in [6.07, 6.45) is 1.53. The molecule has 1 aromatic heterocycles. The molecule has 0 radical (unpaired) electrons. The van der Waals surface area contributed by atoms with Crippen LogP contribution in [0.4, 0.5) is 4.39 Å². The Morgan fingerprint density at radius 1 is 0.839 bits per heavy atom. The molecule has 0 atom stereocenters. The SMILES string of the molecule is COc1ccc(-c2ccc3ncn(-c4cc(OC)c(OC)c(OC)c4)c3c2F)cc1O. The van der Waals surface area contributed by atoms with Crippen molar-refractivity contribution in [2.24, 2.45) is 0 Å². The van der Waals surface area contributed by atoms with Crippen molar-refractivity contribution in [1.29, 1.82) is 0 Å². The summed E-state index contributed by atoms with van der Waals surface area (Å²) >= 11 is 0. The highest BCUT2D eigenvalue weighted by atomic mass is 19.1. The number of aromatic nitrogens is 2. The molecule has 0 unspecified atom stereocenters. The van der Waals surface area contributed by atoms with Gasteiger partial charge in [-0.1, -0.05) is 6.07 Å². The Hall–Kier alpha value is -3.94. The van der Waals surface area contributed by atoms with Crippen LogP contribution in [0.2, 0.25) is 0 Å². The molecule has 7 nitrogen and oxygen atoms in total. The Kier molecular flexibility index (Phi) is 5.29. The minimum atomic E-state index is -0.478. The molecule has 0 aliphatic rings. The number of phenols is 1. The predicted molar refractivity (Wildman–Crippen MR) is 114 cm³/mol. The molecule has 0 spiro atoms. The first kappa shape index (κ1) is 20.3. The number of imidazole rings is 1. The summed E-state index contributed by atoms with van der Waals surface area (Å²) in [6, 6.07) is 11.5. The average Bonchev–Trinajstić information content (AvgIpc) is 3.23. The minimum Gasteiger partial charge on any atom is -0.504 e. The van der Waals surface area contributed by atoms with Crippen LogP contribution < -0.4 is 18.9 Å². The summed E-state index contributed by atoms with van der Waals surface area (Å²) in [5, 5.41) is 10.1. The molecule has 0 bridgehead atoms. The van der Waals surface area contributed by atoms with Gasteiger partial charge in [0.1, 0.15) is 11.8 Å². The molecule has 0 aliphatic heterocycles. The summed E-state index contributed by atoms with van der Waals surface area (Å²) in [4.78, 5) is 4.33. The number of phenolic OH excluding ortho intramolecular Hbond substituents is 1. The maximum absolute atomic E-state index is 15.7. The Morgan fingerprint density at radius 2 is 1.52 bits per heavy atom. The van der Waals surface area contributed by atoms with Gasteiger partial charge in [-0.3, -0.25) is 4.57 Å². The maximum Gasteiger partial charge on any atom is 0.203 e. The fourth-order valence-electron chi connectivity index (χ4n) is 3.55. The first-order valence-corrected chi connectivity index (χ1v) is 9.35. The molecule has 4 aromatic rings. The van der Waals surface area contributed by atoms with E-state index in [-0.39, 0.29) is 11.3 Å². The third-order valence-electron chi connectivity index (χ3n) is 5.07. The highest BCUT2D eigenvalue weighted by Crippen LogP contribution is 2.41. The Labute approximate surface area is 178 Å². The number of hydrogen-bond acceptors (Lipinski definition) is 6. The van der Waals surface area contributed by atoms with Gasteiger partial charge in [-0.25, -0.2) is 9.37 Å². The highest BCUT2D eigenvalue weighted by Gasteiger charge is 2.19. The van der Waals surface area contributed by atoms with Gasteiger partial charge < -0.3 is 24.1 Å². The van der Waals surface area contributed by atoms with E-state index in [1.165, 1.54) is 40.8 Å². The molecule has 3 aromatic carbocycles. The molecule has 0 saturated carbocycles. The molecular weight excluding hydrogens is 403 g/mol. The molecule has 31 heavy (non-hydrogen) atoms. The zero-order chi connectivity index (χ0) is 22.1. The summed E-state index contributed by atoms with van der Waals surface area (Å²) in [6.45, 7) is 0. The number of halogens is 1. The molecule has 0 aliphatic carbocycles. The van der Waals surface area contributed by atoms with E-state index in [0.717, 1.165) is 0 Å². The van der Waals surface area contributed by atoms with E-state index in [4.69, 9.17) is 18.9 Å². The summed E-state index contributed by atoms with van der Waals surface area (Å²) in [5.41, 5.74) is 2.18. The van der Waals surface area contributed by atoms with Gasteiger partial charge >= 0.3 is 0 Å². The quantitative estimate of drug-likeness (QED) is 0.489. The van der Waals surface area contributed by atoms with Gasteiger partial charge in [-0.15, -0.1) is 0 Å². The van der Waals surface area contributed by atoms with E-state index in [1.54, 1.807) is 41.0 Å². The van der Waals surface area contributed by atoms with Crippen LogP contribution in [-0.2, 0) is 0 Å². The Balaban J connectivity index is 1.92. The summed E-state index contributed by atoms with van der Waals surface area (Å²) in [5.74, 6) is 1.08. The number of nitrogens with zero attached hydrogens (tertiary/aromatic N) is 2. The number of methoxy groups -OCH3 is 4. The van der Waals surface area contributed by atoms with Crippen LogP contribution in [0, 0.1) is 5.82 Å². The Bertz CT molecular complexity index is 1240. The molecule has 1 N–H and O–H groups in total. The van der Waals surface area contributed by atoms with Crippen molar-refractivity contribution in [3.05, 3.63) is 54.6 Å². The fraction of sp³-hybridized carbons (Fsp3) is 0.174. The van der Waals surface area contributed by atoms with E-state index in [2.05, 4.69) is 4.98 Å². The smallest absolute Gasteiger partial charge is 0.203 e. The number of benzene rings is 3. The number of rotatable bonds is 6. The van der Waals surface area contributed by atoms with Gasteiger partial charge in [0.05, 0.1) is 39.6 Å². The number of fused-ring (bicyclic) bond motifs is 1. The molecule has 4 rings (SSSR count). The van der Waals surface area contributed by atoms with Crippen LogP contribution in [0.15, 0.2) is 48.8 Å². The Morgan fingerprint density at radius 3 is 2.10 bits per heavy atom. The van der Waals surface area contributed by atoms with Crippen LogP contribution in [0.3, 0.4) is 0 Å². The highest BCUT2D eigenvalue weighted by molar-refractivity contribution is 5.85. The fourth-order valence-corrected chi connectivity index (χ4v) is 3.55. The molecule has 0 fully saturated rings. The first-order chi connectivity index (χ1) is 15.0. The average molecular weight is 424 g/mol. The van der Waals surface area contributed by atoms with E-state index in [0.29, 0.717) is 45.3 Å². The first-order valence-electron chi connectivity index (χ1n) is 9.35. The van der Waals surface area contributed by atoms with Crippen LogP contribution >= 0.6 is 0 Å². The second-order valence-electron chi connectivity index (χ2n) is 6.68. The van der Waals surface area contributed by atoms with Crippen molar-refractivity contribution in [2.75, 3.05) is 28.4 Å². The molecule has 0 saturated heterocycles. The molecular formula is C23H21FN2O5. The van der Waals surface area contributed by atoms with Crippen molar-refractivity contribution < 1.29 is 28.4 Å². The van der Waals surface area contributed by atoms with Crippen molar-refractivity contribution in [3.8, 4) is 45.6 Å². The van der Waals surface area contributed by atoms with Gasteiger partial charge in [0.15, 0.2) is 28.8 Å². The monoisotopic (exact) mass is 424 g/mol. The van der Waals surface area contributed by atoms with E-state index < -0.39 is 5.82 Å². The van der Waals surface area contributed by atoms with E-state index >= 15 is 4.39 Å².